The quantitative estimate of drug-likeness (QED) is 0.777. The molecule has 3 rings (SSSR count). The van der Waals surface area contributed by atoms with Crippen molar-refractivity contribution in [2.24, 2.45) is 0 Å². The van der Waals surface area contributed by atoms with E-state index in [0.29, 0.717) is 23.3 Å². The number of aryl methyl sites for hydroxylation is 1. The van der Waals surface area contributed by atoms with Crippen molar-refractivity contribution in [1.82, 2.24) is 14.8 Å². The highest BCUT2D eigenvalue weighted by atomic mass is 19.1. The minimum atomic E-state index is -0.425. The molecule has 3 aromatic rings. The van der Waals surface area contributed by atoms with E-state index in [2.05, 4.69) is 17.0 Å². The molecule has 6 heteroatoms. The number of pyridine rings is 1. The Balaban J connectivity index is 2.23. The average Bonchev–Trinajstić information content (AvgIpc) is 2.84. The summed E-state index contributed by atoms with van der Waals surface area (Å²) in [6, 6.07) is 5.52. The van der Waals surface area contributed by atoms with Crippen LogP contribution in [0.2, 0.25) is 0 Å². The molecule has 2 heterocycles. The third-order valence-electron chi connectivity index (χ3n) is 4.02. The second-order valence-electron chi connectivity index (χ2n) is 5.64. The molecule has 23 heavy (non-hydrogen) atoms. The minimum Gasteiger partial charge on any atom is -0.343 e. The van der Waals surface area contributed by atoms with Crippen molar-refractivity contribution in [3.05, 3.63) is 61.9 Å². The fourth-order valence-electron chi connectivity index (χ4n) is 2.75. The number of aromatic amines is 2. The lowest BCUT2D eigenvalue weighted by molar-refractivity contribution is 0.627. The molecule has 0 aliphatic rings. The number of fused-ring (bicyclic) bond motifs is 1. The maximum absolute atomic E-state index is 13.0. The second-order valence-corrected chi connectivity index (χ2v) is 5.64. The number of hydrogen-bond acceptors (Lipinski definition) is 2. The van der Waals surface area contributed by atoms with Gasteiger partial charge in [-0.3, -0.25) is 14.7 Å². The molecule has 2 aromatic heterocycles. The predicted molar refractivity (Wildman–Crippen MR) is 87.8 cm³/mol. The van der Waals surface area contributed by atoms with Crippen molar-refractivity contribution in [3.63, 3.8) is 0 Å². The van der Waals surface area contributed by atoms with E-state index in [1.165, 1.54) is 28.9 Å². The van der Waals surface area contributed by atoms with Gasteiger partial charge in [0.1, 0.15) is 16.9 Å². The van der Waals surface area contributed by atoms with Crippen LogP contribution in [-0.4, -0.2) is 14.8 Å². The van der Waals surface area contributed by atoms with Gasteiger partial charge in [-0.25, -0.2) is 9.07 Å². The van der Waals surface area contributed by atoms with Crippen LogP contribution in [0.4, 0.5) is 4.39 Å². The van der Waals surface area contributed by atoms with Gasteiger partial charge in [0.25, 0.3) is 5.56 Å². The first kappa shape index (κ1) is 15.3. The Labute approximate surface area is 131 Å². The molecule has 0 radical (unpaired) electrons. The first-order valence-electron chi connectivity index (χ1n) is 7.65. The SMILES string of the molecule is CCCCc1c(C)[nH]c2[nH]n(-c3ccc(F)cc3)c(=O)c2c1=O. The van der Waals surface area contributed by atoms with Crippen LogP contribution in [0.5, 0.6) is 0 Å². The van der Waals surface area contributed by atoms with E-state index in [0.717, 1.165) is 18.5 Å². The number of unbranched alkanes of at least 4 members (excludes halogenated alkanes) is 1. The van der Waals surface area contributed by atoms with Crippen molar-refractivity contribution < 1.29 is 4.39 Å². The van der Waals surface area contributed by atoms with Crippen molar-refractivity contribution in [3.8, 4) is 5.69 Å². The molecular formula is C17H18FN3O2. The Kier molecular flexibility index (Phi) is 3.90. The summed E-state index contributed by atoms with van der Waals surface area (Å²) < 4.78 is 14.3. The number of nitrogens with one attached hydrogen (secondary N) is 2. The molecule has 0 unspecified atom stereocenters. The molecule has 0 fully saturated rings. The normalized spacial score (nSPS) is 11.3. The lowest BCUT2D eigenvalue weighted by Crippen LogP contribution is -2.21. The summed E-state index contributed by atoms with van der Waals surface area (Å²) in [7, 11) is 0. The summed E-state index contributed by atoms with van der Waals surface area (Å²) in [6.07, 6.45) is 2.52. The monoisotopic (exact) mass is 315 g/mol. The maximum Gasteiger partial charge on any atom is 0.284 e. The summed E-state index contributed by atoms with van der Waals surface area (Å²) in [5, 5.41) is 3.01. The van der Waals surface area contributed by atoms with Gasteiger partial charge in [-0.05, 0) is 44.0 Å². The van der Waals surface area contributed by atoms with Crippen LogP contribution in [0.15, 0.2) is 33.9 Å². The predicted octanol–water partition coefficient (Wildman–Crippen LogP) is 2.80. The maximum atomic E-state index is 13.0. The van der Waals surface area contributed by atoms with Crippen molar-refractivity contribution in [2.75, 3.05) is 0 Å². The van der Waals surface area contributed by atoms with Gasteiger partial charge < -0.3 is 4.98 Å². The van der Waals surface area contributed by atoms with Crippen LogP contribution in [0.1, 0.15) is 31.0 Å². The highest BCUT2D eigenvalue weighted by Gasteiger charge is 2.16. The fraction of sp³-hybridized carbons (Fsp3) is 0.294. The van der Waals surface area contributed by atoms with E-state index in [4.69, 9.17) is 0 Å². The Morgan fingerprint density at radius 2 is 1.87 bits per heavy atom. The third-order valence-corrected chi connectivity index (χ3v) is 4.02. The van der Waals surface area contributed by atoms with Crippen molar-refractivity contribution in [2.45, 2.75) is 33.1 Å². The number of rotatable bonds is 4. The van der Waals surface area contributed by atoms with Gasteiger partial charge in [-0.15, -0.1) is 0 Å². The number of nitrogens with zero attached hydrogens (tertiary/aromatic N) is 1. The Morgan fingerprint density at radius 1 is 1.17 bits per heavy atom. The largest absolute Gasteiger partial charge is 0.343 e. The Bertz CT molecular complexity index is 964. The number of benzene rings is 1. The van der Waals surface area contributed by atoms with Gasteiger partial charge in [0.2, 0.25) is 0 Å². The zero-order chi connectivity index (χ0) is 16.6. The summed E-state index contributed by atoms with van der Waals surface area (Å²) >= 11 is 0. The van der Waals surface area contributed by atoms with E-state index >= 15 is 0 Å². The molecule has 0 aliphatic carbocycles. The van der Waals surface area contributed by atoms with Gasteiger partial charge in [-0.1, -0.05) is 13.3 Å². The van der Waals surface area contributed by atoms with E-state index in [1.54, 1.807) is 0 Å². The van der Waals surface area contributed by atoms with Crippen LogP contribution in [-0.2, 0) is 6.42 Å². The summed E-state index contributed by atoms with van der Waals surface area (Å²) in [4.78, 5) is 28.4. The lowest BCUT2D eigenvalue weighted by atomic mass is 10.1. The van der Waals surface area contributed by atoms with Crippen LogP contribution in [0.25, 0.3) is 16.7 Å². The van der Waals surface area contributed by atoms with Crippen molar-refractivity contribution in [1.29, 1.82) is 0 Å². The van der Waals surface area contributed by atoms with Gasteiger partial charge in [0, 0.05) is 11.3 Å². The number of H-pyrrole nitrogens is 2. The summed E-state index contributed by atoms with van der Waals surface area (Å²) in [5.74, 6) is -0.383. The highest BCUT2D eigenvalue weighted by Crippen LogP contribution is 2.12. The Hall–Kier alpha value is -2.63. The van der Waals surface area contributed by atoms with E-state index < -0.39 is 5.56 Å². The van der Waals surface area contributed by atoms with Gasteiger partial charge >= 0.3 is 0 Å². The molecular weight excluding hydrogens is 297 g/mol. The molecule has 0 atom stereocenters. The van der Waals surface area contributed by atoms with E-state index in [1.807, 2.05) is 6.92 Å². The molecule has 0 bridgehead atoms. The molecule has 0 spiro atoms. The molecule has 0 saturated carbocycles. The molecule has 0 saturated heterocycles. The smallest absolute Gasteiger partial charge is 0.284 e. The number of halogens is 1. The summed E-state index contributed by atoms with van der Waals surface area (Å²) in [6.45, 7) is 3.89. The van der Waals surface area contributed by atoms with Crippen LogP contribution in [0, 0.1) is 12.7 Å². The van der Waals surface area contributed by atoms with Gasteiger partial charge in [0.05, 0.1) is 5.69 Å². The third kappa shape index (κ3) is 2.60. The van der Waals surface area contributed by atoms with Crippen LogP contribution in [0.3, 0.4) is 0 Å². The number of aromatic nitrogens is 3. The van der Waals surface area contributed by atoms with Gasteiger partial charge in [-0.2, -0.15) is 0 Å². The number of hydrogen-bond donors (Lipinski definition) is 2. The van der Waals surface area contributed by atoms with Crippen LogP contribution < -0.4 is 11.0 Å². The van der Waals surface area contributed by atoms with Gasteiger partial charge in [0.15, 0.2) is 5.43 Å². The molecule has 0 amide bonds. The average molecular weight is 315 g/mol. The van der Waals surface area contributed by atoms with Crippen molar-refractivity contribution >= 4 is 11.0 Å². The standard InChI is InChI=1S/C17H18FN3O2/c1-3-4-5-13-10(2)19-16-14(15(13)22)17(23)21(20-16)12-8-6-11(18)7-9-12/h6-9H,3-5H2,1-2H3,(H2,19,20,22). The molecule has 2 N–H and O–H groups in total. The zero-order valence-electron chi connectivity index (χ0n) is 13.1. The highest BCUT2D eigenvalue weighted by molar-refractivity contribution is 5.75. The second kappa shape index (κ2) is 5.87. The molecule has 120 valence electrons. The van der Waals surface area contributed by atoms with Crippen LogP contribution >= 0.6 is 0 Å². The first-order chi connectivity index (χ1) is 11.0. The first-order valence-corrected chi connectivity index (χ1v) is 7.65. The topological polar surface area (TPSA) is 70.7 Å². The molecule has 1 aromatic carbocycles. The molecule has 0 aliphatic heterocycles. The van der Waals surface area contributed by atoms with E-state index in [-0.39, 0.29) is 16.6 Å². The zero-order valence-corrected chi connectivity index (χ0v) is 13.1. The lowest BCUT2D eigenvalue weighted by Gasteiger charge is -2.04. The Morgan fingerprint density at radius 3 is 2.52 bits per heavy atom. The molecule has 5 nitrogen and oxygen atoms in total. The van der Waals surface area contributed by atoms with E-state index in [9.17, 15) is 14.0 Å². The summed E-state index contributed by atoms with van der Waals surface area (Å²) in [5.41, 5.74) is 1.64. The fourth-order valence-corrected chi connectivity index (χ4v) is 2.75. The minimum absolute atomic E-state index is 0.117.